The van der Waals surface area contributed by atoms with Crippen molar-refractivity contribution in [2.24, 2.45) is 0 Å². The molecule has 0 spiro atoms. The molecule has 1 saturated carbocycles. The molecule has 202 valence electrons. The fourth-order valence-electron chi connectivity index (χ4n) is 5.65. The lowest BCUT2D eigenvalue weighted by Crippen LogP contribution is -2.33. The molecule has 0 aromatic heterocycles. The van der Waals surface area contributed by atoms with E-state index in [9.17, 15) is 4.79 Å². The molecule has 1 aliphatic carbocycles. The number of ketones is 1. The van der Waals surface area contributed by atoms with Crippen LogP contribution in [0.2, 0.25) is 0 Å². The lowest BCUT2D eigenvalue weighted by atomic mass is 10.1. The van der Waals surface area contributed by atoms with E-state index in [0.29, 0.717) is 0 Å². The van der Waals surface area contributed by atoms with Crippen LogP contribution in [0, 0.1) is 0 Å². The molecule has 0 atom stereocenters. The van der Waals surface area contributed by atoms with Crippen LogP contribution >= 0.6 is 0 Å². The highest BCUT2D eigenvalue weighted by Gasteiger charge is 2.23. The molecule has 5 nitrogen and oxygen atoms in total. The lowest BCUT2D eigenvalue weighted by molar-refractivity contribution is -0.111. The molecule has 0 unspecified atom stereocenters. The molecule has 0 bridgehead atoms. The van der Waals surface area contributed by atoms with E-state index in [2.05, 4.69) is 9.80 Å². The molecule has 0 radical (unpaired) electrons. The number of Topliss-reactive ketones (excluding diaryl/α,β-unsaturated/α-hetero) is 1. The van der Waals surface area contributed by atoms with Gasteiger partial charge < -0.3 is 9.47 Å². The molecule has 2 aromatic rings. The van der Waals surface area contributed by atoms with Crippen molar-refractivity contribution in [1.82, 2.24) is 9.80 Å². The molecule has 2 heterocycles. The average molecular weight is 515 g/mol. The van der Waals surface area contributed by atoms with Crippen LogP contribution in [0.1, 0.15) is 62.5 Å². The number of carbonyl (C=O) groups excluding carboxylic acids is 1. The van der Waals surface area contributed by atoms with Crippen LogP contribution in [-0.2, 0) is 4.79 Å². The number of allylic oxidation sites excluding steroid dienone is 2. The summed E-state index contributed by atoms with van der Waals surface area (Å²) >= 11 is 0. The van der Waals surface area contributed by atoms with Gasteiger partial charge in [-0.05, 0) is 112 Å². The molecule has 2 aliphatic heterocycles. The van der Waals surface area contributed by atoms with Crippen molar-refractivity contribution in [3.63, 3.8) is 0 Å². The summed E-state index contributed by atoms with van der Waals surface area (Å²) in [5, 5.41) is 0. The third kappa shape index (κ3) is 7.81. The third-order valence-corrected chi connectivity index (χ3v) is 7.94. The van der Waals surface area contributed by atoms with E-state index < -0.39 is 0 Å². The van der Waals surface area contributed by atoms with Crippen molar-refractivity contribution >= 4 is 17.9 Å². The van der Waals surface area contributed by atoms with Crippen LogP contribution in [0.15, 0.2) is 59.7 Å². The van der Waals surface area contributed by atoms with E-state index in [-0.39, 0.29) is 5.78 Å². The molecule has 2 saturated heterocycles. The maximum atomic E-state index is 13.0. The van der Waals surface area contributed by atoms with Gasteiger partial charge in [0.25, 0.3) is 0 Å². The number of piperidine rings is 2. The standard InChI is InChI=1S/C33H42N2O3/c36-33-29(25-27-7-13-31(14-8-27)37-23-21-34-17-3-1-4-18-34)11-12-30(33)26-28-9-15-32(16-10-28)38-24-22-35-19-5-2-6-20-35/h7-10,13-16,25-26H,1-6,11-12,17-24H2/b29-25+,30-26+. The second kappa shape index (κ2) is 13.8. The van der Waals surface area contributed by atoms with Gasteiger partial charge in [0.15, 0.2) is 5.78 Å². The molecule has 3 aliphatic rings. The molecule has 0 N–H and O–H groups in total. The van der Waals surface area contributed by atoms with Gasteiger partial charge in [0, 0.05) is 24.2 Å². The zero-order valence-electron chi connectivity index (χ0n) is 22.7. The number of hydrogen-bond acceptors (Lipinski definition) is 5. The summed E-state index contributed by atoms with van der Waals surface area (Å²) in [6.07, 6.45) is 13.6. The number of carbonyl (C=O) groups is 1. The summed E-state index contributed by atoms with van der Waals surface area (Å²) in [6, 6.07) is 16.2. The monoisotopic (exact) mass is 514 g/mol. The summed E-state index contributed by atoms with van der Waals surface area (Å²) < 4.78 is 11.9. The quantitative estimate of drug-likeness (QED) is 0.351. The lowest BCUT2D eigenvalue weighted by Gasteiger charge is -2.26. The highest BCUT2D eigenvalue weighted by Crippen LogP contribution is 2.30. The summed E-state index contributed by atoms with van der Waals surface area (Å²) in [4.78, 5) is 18.0. The average Bonchev–Trinajstić information content (AvgIpc) is 3.30. The Morgan fingerprint density at radius 2 is 0.974 bits per heavy atom. The number of benzene rings is 2. The van der Waals surface area contributed by atoms with Crippen LogP contribution in [0.5, 0.6) is 11.5 Å². The topological polar surface area (TPSA) is 42.0 Å². The number of ether oxygens (including phenoxy) is 2. The minimum absolute atomic E-state index is 0.161. The Hall–Kier alpha value is -2.89. The Bertz CT molecular complexity index is 1000. The molecule has 0 amide bonds. The van der Waals surface area contributed by atoms with Gasteiger partial charge in [-0.15, -0.1) is 0 Å². The zero-order valence-corrected chi connectivity index (χ0v) is 22.7. The van der Waals surface area contributed by atoms with E-state index in [0.717, 1.165) is 72.9 Å². The first kappa shape index (κ1) is 26.7. The minimum atomic E-state index is 0.161. The van der Waals surface area contributed by atoms with Crippen molar-refractivity contribution in [1.29, 1.82) is 0 Å². The predicted octanol–water partition coefficient (Wildman–Crippen LogP) is 6.25. The first-order valence-electron chi connectivity index (χ1n) is 14.6. The van der Waals surface area contributed by atoms with Crippen molar-refractivity contribution in [3.05, 3.63) is 70.8 Å². The summed E-state index contributed by atoms with van der Waals surface area (Å²) in [7, 11) is 0. The second-order valence-corrected chi connectivity index (χ2v) is 10.8. The maximum Gasteiger partial charge on any atom is 0.185 e. The first-order chi connectivity index (χ1) is 18.7. The summed E-state index contributed by atoms with van der Waals surface area (Å²) in [5.74, 6) is 1.94. The number of likely N-dealkylation sites (tertiary alicyclic amines) is 2. The van der Waals surface area contributed by atoms with Crippen molar-refractivity contribution < 1.29 is 14.3 Å². The summed E-state index contributed by atoms with van der Waals surface area (Å²) in [5.41, 5.74) is 3.86. The Morgan fingerprint density at radius 3 is 1.37 bits per heavy atom. The minimum Gasteiger partial charge on any atom is -0.492 e. The van der Waals surface area contributed by atoms with E-state index in [1.807, 2.05) is 60.7 Å². The zero-order chi connectivity index (χ0) is 26.0. The largest absolute Gasteiger partial charge is 0.492 e. The highest BCUT2D eigenvalue weighted by atomic mass is 16.5. The molecule has 5 heteroatoms. The number of hydrogen-bond donors (Lipinski definition) is 0. The highest BCUT2D eigenvalue weighted by molar-refractivity contribution is 6.15. The third-order valence-electron chi connectivity index (χ3n) is 7.94. The van der Waals surface area contributed by atoms with Gasteiger partial charge in [-0.2, -0.15) is 0 Å². The molecule has 38 heavy (non-hydrogen) atoms. The van der Waals surface area contributed by atoms with Crippen LogP contribution < -0.4 is 9.47 Å². The van der Waals surface area contributed by atoms with Gasteiger partial charge in [0.05, 0.1) is 0 Å². The first-order valence-corrected chi connectivity index (χ1v) is 14.6. The van der Waals surface area contributed by atoms with Crippen molar-refractivity contribution in [2.45, 2.75) is 51.4 Å². The Morgan fingerprint density at radius 1 is 0.579 bits per heavy atom. The number of nitrogens with zero attached hydrogens (tertiary/aromatic N) is 2. The maximum absolute atomic E-state index is 13.0. The van der Waals surface area contributed by atoms with Gasteiger partial charge in [-0.1, -0.05) is 37.1 Å². The van der Waals surface area contributed by atoms with E-state index in [1.165, 1.54) is 64.7 Å². The van der Waals surface area contributed by atoms with E-state index in [4.69, 9.17) is 9.47 Å². The second-order valence-electron chi connectivity index (χ2n) is 10.8. The van der Waals surface area contributed by atoms with Crippen LogP contribution in [-0.4, -0.2) is 68.1 Å². The molecule has 5 rings (SSSR count). The Balaban J connectivity index is 1.09. The summed E-state index contributed by atoms with van der Waals surface area (Å²) in [6.45, 7) is 8.20. The van der Waals surface area contributed by atoms with Gasteiger partial charge in [-0.25, -0.2) is 0 Å². The van der Waals surface area contributed by atoms with E-state index in [1.54, 1.807) is 0 Å². The Kier molecular flexibility index (Phi) is 9.68. The molecular weight excluding hydrogens is 472 g/mol. The smallest absolute Gasteiger partial charge is 0.185 e. The van der Waals surface area contributed by atoms with Crippen molar-refractivity contribution in [2.75, 3.05) is 52.5 Å². The van der Waals surface area contributed by atoms with E-state index >= 15 is 0 Å². The molecule has 3 fully saturated rings. The van der Waals surface area contributed by atoms with Crippen LogP contribution in [0.3, 0.4) is 0 Å². The SMILES string of the molecule is O=C1/C(=C/c2ccc(OCCN3CCCCC3)cc2)CC/C1=C\c1ccc(OCCN2CCCCC2)cc1. The van der Waals surface area contributed by atoms with Crippen LogP contribution in [0.25, 0.3) is 12.2 Å². The molecular formula is C33H42N2O3. The normalized spacial score (nSPS) is 21.3. The van der Waals surface area contributed by atoms with Gasteiger partial charge in [-0.3, -0.25) is 14.6 Å². The fraction of sp³-hybridized carbons (Fsp3) is 0.485. The number of rotatable bonds is 10. The molecule has 2 aromatic carbocycles. The van der Waals surface area contributed by atoms with Crippen molar-refractivity contribution in [3.8, 4) is 11.5 Å². The van der Waals surface area contributed by atoms with Gasteiger partial charge in [0.1, 0.15) is 24.7 Å². The Labute approximate surface area is 228 Å². The van der Waals surface area contributed by atoms with Crippen LogP contribution in [0.4, 0.5) is 0 Å². The van der Waals surface area contributed by atoms with Gasteiger partial charge in [0.2, 0.25) is 0 Å². The van der Waals surface area contributed by atoms with Gasteiger partial charge >= 0.3 is 0 Å². The fourth-order valence-corrected chi connectivity index (χ4v) is 5.65. The predicted molar refractivity (Wildman–Crippen MR) is 155 cm³/mol.